The second kappa shape index (κ2) is 4.36. The highest BCUT2D eigenvalue weighted by molar-refractivity contribution is 8.00. The lowest BCUT2D eigenvalue weighted by Gasteiger charge is -2.40. The third kappa shape index (κ3) is 2.68. The number of carbonyl (C=O) groups is 1. The number of aliphatic carboxylic acids is 1. The Morgan fingerprint density at radius 3 is 2.07 bits per heavy atom. The van der Waals surface area contributed by atoms with Crippen LogP contribution in [-0.2, 0) is 4.79 Å². The Kier molecular flexibility index (Phi) is 3.75. The van der Waals surface area contributed by atoms with E-state index in [0.29, 0.717) is 11.3 Å². The number of thioether (sulfide) groups is 1. The molecule has 0 spiro atoms. The number of hydrogen-bond donors (Lipinski definition) is 1. The molecule has 0 saturated heterocycles. The third-order valence-electron chi connectivity index (χ3n) is 3.80. The van der Waals surface area contributed by atoms with Crippen molar-refractivity contribution in [3.8, 4) is 0 Å². The number of carboxylic acids is 1. The van der Waals surface area contributed by atoms with E-state index in [0.717, 1.165) is 25.7 Å². The van der Waals surface area contributed by atoms with Gasteiger partial charge in [0.05, 0.1) is 0 Å². The van der Waals surface area contributed by atoms with Gasteiger partial charge in [-0.05, 0) is 43.3 Å². The van der Waals surface area contributed by atoms with Crippen molar-refractivity contribution < 1.29 is 9.90 Å². The van der Waals surface area contributed by atoms with Crippen LogP contribution in [0.25, 0.3) is 0 Å². The molecule has 15 heavy (non-hydrogen) atoms. The van der Waals surface area contributed by atoms with Crippen molar-refractivity contribution in [1.82, 2.24) is 0 Å². The number of rotatable bonds is 2. The summed E-state index contributed by atoms with van der Waals surface area (Å²) in [7, 11) is 0. The first-order valence-corrected chi connectivity index (χ1v) is 6.83. The maximum atomic E-state index is 11.2. The molecule has 0 radical (unpaired) electrons. The Morgan fingerprint density at radius 2 is 1.80 bits per heavy atom. The zero-order valence-electron chi connectivity index (χ0n) is 10.2. The minimum Gasteiger partial charge on any atom is -0.480 e. The van der Waals surface area contributed by atoms with Crippen LogP contribution >= 0.6 is 11.8 Å². The fraction of sp³-hybridized carbons (Fsp3) is 0.917. The molecule has 0 bridgehead atoms. The lowest BCUT2D eigenvalue weighted by molar-refractivity contribution is -0.141. The summed E-state index contributed by atoms with van der Waals surface area (Å²) in [5.74, 6) is 0.0551. The zero-order chi connectivity index (χ0) is 11.7. The smallest absolute Gasteiger partial charge is 0.319 e. The Bertz CT molecular complexity index is 234. The van der Waals surface area contributed by atoms with Crippen molar-refractivity contribution in [2.24, 2.45) is 11.3 Å². The molecule has 0 aromatic rings. The van der Waals surface area contributed by atoms with Crippen LogP contribution in [0.5, 0.6) is 0 Å². The topological polar surface area (TPSA) is 37.3 Å². The van der Waals surface area contributed by atoms with Gasteiger partial charge in [0.1, 0.15) is 4.75 Å². The van der Waals surface area contributed by atoms with Gasteiger partial charge in [-0.1, -0.05) is 20.8 Å². The van der Waals surface area contributed by atoms with E-state index in [9.17, 15) is 9.90 Å². The van der Waals surface area contributed by atoms with Crippen LogP contribution in [0.15, 0.2) is 0 Å². The molecule has 0 aromatic carbocycles. The summed E-state index contributed by atoms with van der Waals surface area (Å²) in [5, 5.41) is 9.26. The van der Waals surface area contributed by atoms with Crippen LogP contribution in [0.3, 0.4) is 0 Å². The molecular formula is C12H22O2S. The highest BCUT2D eigenvalue weighted by Gasteiger charge is 2.43. The first kappa shape index (κ1) is 12.9. The molecule has 0 atom stereocenters. The number of hydrogen-bond acceptors (Lipinski definition) is 2. The first-order valence-electron chi connectivity index (χ1n) is 5.60. The summed E-state index contributed by atoms with van der Waals surface area (Å²) in [6.07, 6.45) is 5.68. The van der Waals surface area contributed by atoms with Gasteiger partial charge in [-0.25, -0.2) is 0 Å². The Balaban J connectivity index is 2.65. The van der Waals surface area contributed by atoms with Gasteiger partial charge in [-0.2, -0.15) is 0 Å². The maximum absolute atomic E-state index is 11.2. The summed E-state index contributed by atoms with van der Waals surface area (Å²) in [6, 6.07) is 0. The van der Waals surface area contributed by atoms with Gasteiger partial charge in [-0.3, -0.25) is 4.79 Å². The van der Waals surface area contributed by atoms with Crippen molar-refractivity contribution in [2.45, 2.75) is 51.2 Å². The molecule has 1 rings (SSSR count). The normalized spacial score (nSPS) is 32.7. The summed E-state index contributed by atoms with van der Waals surface area (Å²) in [6.45, 7) is 6.76. The van der Waals surface area contributed by atoms with E-state index in [1.54, 1.807) is 0 Å². The van der Waals surface area contributed by atoms with E-state index in [1.807, 2.05) is 6.26 Å². The molecule has 1 aliphatic rings. The van der Waals surface area contributed by atoms with Gasteiger partial charge in [-0.15, -0.1) is 11.8 Å². The van der Waals surface area contributed by atoms with Crippen LogP contribution in [-0.4, -0.2) is 22.1 Å². The second-order valence-corrected chi connectivity index (χ2v) is 6.83. The van der Waals surface area contributed by atoms with Crippen LogP contribution in [0.1, 0.15) is 46.5 Å². The number of carboxylic acid groups (broad SMARTS) is 1. The lowest BCUT2D eigenvalue weighted by atomic mass is 9.69. The molecule has 0 amide bonds. The molecule has 1 fully saturated rings. The van der Waals surface area contributed by atoms with E-state index in [-0.39, 0.29) is 0 Å². The lowest BCUT2D eigenvalue weighted by Crippen LogP contribution is -2.41. The summed E-state index contributed by atoms with van der Waals surface area (Å²) in [4.78, 5) is 11.2. The molecule has 0 heterocycles. The summed E-state index contributed by atoms with van der Waals surface area (Å²) < 4.78 is -0.498. The van der Waals surface area contributed by atoms with Crippen molar-refractivity contribution in [3.63, 3.8) is 0 Å². The van der Waals surface area contributed by atoms with Gasteiger partial charge in [0.25, 0.3) is 0 Å². The fourth-order valence-corrected chi connectivity index (χ4v) is 3.27. The Morgan fingerprint density at radius 1 is 1.33 bits per heavy atom. The van der Waals surface area contributed by atoms with Gasteiger partial charge < -0.3 is 5.11 Å². The molecule has 0 aliphatic heterocycles. The molecule has 88 valence electrons. The highest BCUT2D eigenvalue weighted by Crippen LogP contribution is 2.46. The average molecular weight is 230 g/mol. The van der Waals surface area contributed by atoms with Crippen LogP contribution in [0.2, 0.25) is 0 Å². The van der Waals surface area contributed by atoms with Crippen LogP contribution in [0, 0.1) is 11.3 Å². The first-order chi connectivity index (χ1) is 6.82. The second-order valence-electron chi connectivity index (χ2n) is 5.64. The zero-order valence-corrected chi connectivity index (χ0v) is 11.0. The Labute approximate surface area is 96.8 Å². The largest absolute Gasteiger partial charge is 0.480 e. The molecule has 2 nitrogen and oxygen atoms in total. The minimum atomic E-state index is -0.623. The van der Waals surface area contributed by atoms with Crippen molar-refractivity contribution in [2.75, 3.05) is 6.26 Å². The van der Waals surface area contributed by atoms with Crippen LogP contribution in [0.4, 0.5) is 0 Å². The van der Waals surface area contributed by atoms with Crippen molar-refractivity contribution in [1.29, 1.82) is 0 Å². The van der Waals surface area contributed by atoms with Crippen LogP contribution < -0.4 is 0 Å². The van der Waals surface area contributed by atoms with Gasteiger partial charge in [0, 0.05) is 0 Å². The molecule has 1 N–H and O–H groups in total. The summed E-state index contributed by atoms with van der Waals surface area (Å²) >= 11 is 1.51. The van der Waals surface area contributed by atoms with Crippen molar-refractivity contribution in [3.05, 3.63) is 0 Å². The molecule has 3 heteroatoms. The van der Waals surface area contributed by atoms with E-state index >= 15 is 0 Å². The monoisotopic (exact) mass is 230 g/mol. The van der Waals surface area contributed by atoms with E-state index in [2.05, 4.69) is 20.8 Å². The maximum Gasteiger partial charge on any atom is 0.319 e. The van der Waals surface area contributed by atoms with E-state index < -0.39 is 10.7 Å². The predicted molar refractivity (Wildman–Crippen MR) is 65.3 cm³/mol. The molecule has 1 saturated carbocycles. The Hall–Kier alpha value is -0.180. The molecule has 1 aliphatic carbocycles. The SMILES string of the molecule is CSC1(C(=O)O)CCC(C(C)(C)C)CC1. The predicted octanol–water partition coefficient (Wildman–Crippen LogP) is 3.41. The van der Waals surface area contributed by atoms with Crippen molar-refractivity contribution >= 4 is 17.7 Å². The average Bonchev–Trinajstić information content (AvgIpc) is 2.16. The quantitative estimate of drug-likeness (QED) is 0.790. The van der Waals surface area contributed by atoms with E-state index in [1.165, 1.54) is 11.8 Å². The minimum absolute atomic E-state index is 0.322. The van der Waals surface area contributed by atoms with Gasteiger partial charge in [0.2, 0.25) is 0 Å². The highest BCUT2D eigenvalue weighted by atomic mass is 32.2. The standard InChI is InChI=1S/C12H22O2S/c1-11(2,3)9-5-7-12(15-4,8-6-9)10(13)14/h9H,5-8H2,1-4H3,(H,13,14). The van der Waals surface area contributed by atoms with E-state index in [4.69, 9.17) is 0 Å². The fourth-order valence-electron chi connectivity index (χ4n) is 2.46. The molecule has 0 aromatic heterocycles. The molecular weight excluding hydrogens is 208 g/mol. The summed E-state index contributed by atoms with van der Waals surface area (Å²) in [5.41, 5.74) is 0.322. The van der Waals surface area contributed by atoms with Gasteiger partial charge >= 0.3 is 5.97 Å². The third-order valence-corrected chi connectivity index (χ3v) is 5.16. The van der Waals surface area contributed by atoms with Gasteiger partial charge in [0.15, 0.2) is 0 Å². The molecule has 0 unspecified atom stereocenters.